The number of benzene rings is 4. The topological polar surface area (TPSA) is 56.8 Å². The normalized spacial score (nSPS) is 15.4. The molecule has 6 nitrogen and oxygen atoms in total. The van der Waals surface area contributed by atoms with E-state index in [0.717, 1.165) is 54.0 Å². The first kappa shape index (κ1) is 36.3. The van der Waals surface area contributed by atoms with E-state index in [-0.39, 0.29) is 24.9 Å². The molecule has 0 unspecified atom stereocenters. The number of carbonyl (C=O) groups is 2. The predicted octanol–water partition coefficient (Wildman–Crippen LogP) is 8.15. The van der Waals surface area contributed by atoms with Crippen LogP contribution in [-0.2, 0) is 35.3 Å². The number of likely N-dealkylation sites (tertiary alicyclic amines) is 1. The van der Waals surface area contributed by atoms with E-state index < -0.39 is 23.7 Å². The van der Waals surface area contributed by atoms with Gasteiger partial charge in [-0.05, 0) is 59.0 Å². The number of nitrogens with zero attached hydrogens (tertiary/aromatic N) is 4. The molecular formula is C43H41F3N4O2. The van der Waals surface area contributed by atoms with Crippen molar-refractivity contribution in [1.82, 2.24) is 19.7 Å². The highest BCUT2D eigenvalue weighted by Crippen LogP contribution is 2.29. The fourth-order valence-corrected chi connectivity index (χ4v) is 6.60. The van der Waals surface area contributed by atoms with E-state index in [4.69, 9.17) is 0 Å². The number of halogens is 3. The molecule has 0 spiro atoms. The first-order valence-electron chi connectivity index (χ1n) is 17.4. The summed E-state index contributed by atoms with van der Waals surface area (Å²) in [6.45, 7) is 2.49. The number of amides is 2. The van der Waals surface area contributed by atoms with Gasteiger partial charge in [0, 0.05) is 63.5 Å². The van der Waals surface area contributed by atoms with E-state index in [9.17, 15) is 22.8 Å². The van der Waals surface area contributed by atoms with E-state index in [0.29, 0.717) is 12.1 Å². The second-order valence-electron chi connectivity index (χ2n) is 13.1. The fourth-order valence-electron chi connectivity index (χ4n) is 6.60. The summed E-state index contributed by atoms with van der Waals surface area (Å²) < 4.78 is 39.6. The fraction of sp³-hybridized carbons (Fsp3) is 0.233. The van der Waals surface area contributed by atoms with Crippen LogP contribution in [0.2, 0.25) is 0 Å². The molecule has 9 heteroatoms. The van der Waals surface area contributed by atoms with Crippen molar-refractivity contribution in [3.05, 3.63) is 167 Å². The van der Waals surface area contributed by atoms with Crippen molar-refractivity contribution in [2.45, 2.75) is 44.2 Å². The lowest BCUT2D eigenvalue weighted by molar-refractivity contribution is -0.144. The number of aromatic nitrogens is 1. The maximum Gasteiger partial charge on any atom is 0.416 e. The van der Waals surface area contributed by atoms with Gasteiger partial charge in [-0.15, -0.1) is 0 Å². The molecule has 2 atom stereocenters. The zero-order valence-corrected chi connectivity index (χ0v) is 29.0. The van der Waals surface area contributed by atoms with Crippen LogP contribution in [-0.4, -0.2) is 63.7 Å². The summed E-state index contributed by atoms with van der Waals surface area (Å²) in [6.07, 6.45) is 1.20. The van der Waals surface area contributed by atoms with Crippen LogP contribution in [0.4, 0.5) is 13.2 Å². The number of pyridine rings is 1. The van der Waals surface area contributed by atoms with Gasteiger partial charge in [0.05, 0.1) is 11.3 Å². The van der Waals surface area contributed by atoms with Crippen LogP contribution >= 0.6 is 0 Å². The highest BCUT2D eigenvalue weighted by atomic mass is 19.4. The first-order chi connectivity index (χ1) is 25.1. The van der Waals surface area contributed by atoms with Gasteiger partial charge < -0.3 is 9.80 Å². The highest BCUT2D eigenvalue weighted by Gasteiger charge is 2.36. The molecule has 0 aliphatic carbocycles. The monoisotopic (exact) mass is 702 g/mol. The first-order valence-corrected chi connectivity index (χ1v) is 17.4. The largest absolute Gasteiger partial charge is 0.416 e. The smallest absolute Gasteiger partial charge is 0.340 e. The van der Waals surface area contributed by atoms with Gasteiger partial charge in [-0.1, -0.05) is 103 Å². The minimum absolute atomic E-state index is 0.0354. The van der Waals surface area contributed by atoms with Gasteiger partial charge in [-0.2, -0.15) is 13.2 Å². The number of rotatable bonds is 12. The number of hydrogen-bond donors (Lipinski definition) is 0. The minimum atomic E-state index is -4.46. The molecular weight excluding hydrogens is 661 g/mol. The van der Waals surface area contributed by atoms with Crippen molar-refractivity contribution >= 4 is 17.9 Å². The summed E-state index contributed by atoms with van der Waals surface area (Å²) in [7, 11) is 1.82. The Labute approximate surface area is 302 Å². The second kappa shape index (κ2) is 16.7. The van der Waals surface area contributed by atoms with E-state index in [1.165, 1.54) is 29.8 Å². The average molecular weight is 703 g/mol. The molecule has 0 bridgehead atoms. The van der Waals surface area contributed by atoms with Crippen molar-refractivity contribution in [3.8, 4) is 11.3 Å². The molecule has 5 aromatic rings. The summed E-state index contributed by atoms with van der Waals surface area (Å²) in [5.74, 6) is -0.592. The molecule has 2 amide bonds. The molecule has 0 N–H and O–H groups in total. The average Bonchev–Trinajstić information content (AvgIpc) is 3.64. The summed E-state index contributed by atoms with van der Waals surface area (Å²) in [5.41, 5.74) is 4.34. The Morgan fingerprint density at radius 3 is 2.12 bits per heavy atom. The molecule has 1 aliphatic heterocycles. The van der Waals surface area contributed by atoms with E-state index in [1.54, 1.807) is 16.0 Å². The number of alkyl halides is 3. The van der Waals surface area contributed by atoms with Crippen LogP contribution in [0.15, 0.2) is 140 Å². The van der Waals surface area contributed by atoms with Gasteiger partial charge in [0.1, 0.15) is 6.04 Å². The van der Waals surface area contributed by atoms with Crippen molar-refractivity contribution in [3.63, 3.8) is 0 Å². The molecule has 6 rings (SSSR count). The lowest BCUT2D eigenvalue weighted by Crippen LogP contribution is -2.53. The molecule has 1 fully saturated rings. The van der Waals surface area contributed by atoms with E-state index >= 15 is 0 Å². The van der Waals surface area contributed by atoms with Crippen molar-refractivity contribution in [1.29, 1.82) is 0 Å². The molecule has 4 aromatic carbocycles. The molecule has 1 aromatic heterocycles. The Kier molecular flexibility index (Phi) is 11.6. The minimum Gasteiger partial charge on any atom is -0.340 e. The third-order valence-corrected chi connectivity index (χ3v) is 9.53. The van der Waals surface area contributed by atoms with Crippen LogP contribution in [0.1, 0.15) is 34.2 Å². The number of hydrogen-bond acceptors (Lipinski definition) is 4. The lowest BCUT2D eigenvalue weighted by atomic mass is 10.0. The molecule has 0 saturated carbocycles. The Hall–Kier alpha value is -5.54. The van der Waals surface area contributed by atoms with E-state index in [1.807, 2.05) is 98.0 Å². The van der Waals surface area contributed by atoms with Gasteiger partial charge in [-0.3, -0.25) is 19.5 Å². The molecule has 52 heavy (non-hydrogen) atoms. The van der Waals surface area contributed by atoms with E-state index in [2.05, 4.69) is 22.0 Å². The summed E-state index contributed by atoms with van der Waals surface area (Å²) >= 11 is 0. The molecule has 1 saturated heterocycles. The van der Waals surface area contributed by atoms with Crippen LogP contribution in [0, 0.1) is 0 Å². The summed E-state index contributed by atoms with van der Waals surface area (Å²) in [5, 5.41) is 0. The molecule has 266 valence electrons. The lowest BCUT2D eigenvalue weighted by Gasteiger charge is -2.35. The third kappa shape index (κ3) is 9.41. The molecule has 0 radical (unpaired) electrons. The quantitative estimate of drug-likeness (QED) is 0.123. The summed E-state index contributed by atoms with van der Waals surface area (Å²) in [6, 6.07) is 37.0. The molecule has 2 heterocycles. The second-order valence-corrected chi connectivity index (χ2v) is 13.1. The van der Waals surface area contributed by atoms with Crippen LogP contribution in [0.5, 0.6) is 0 Å². The zero-order chi connectivity index (χ0) is 36.5. The van der Waals surface area contributed by atoms with Crippen molar-refractivity contribution in [2.75, 3.05) is 20.1 Å². The Bertz CT molecular complexity index is 1930. The Morgan fingerprint density at radius 2 is 1.48 bits per heavy atom. The Balaban J connectivity index is 1.29. The maximum atomic E-state index is 14.7. The number of carbonyl (C=O) groups excluding carboxylic acids is 2. The zero-order valence-electron chi connectivity index (χ0n) is 29.0. The van der Waals surface area contributed by atoms with Crippen molar-refractivity contribution in [2.24, 2.45) is 0 Å². The third-order valence-electron chi connectivity index (χ3n) is 9.53. The Morgan fingerprint density at radius 1 is 0.827 bits per heavy atom. The van der Waals surface area contributed by atoms with Gasteiger partial charge >= 0.3 is 6.18 Å². The van der Waals surface area contributed by atoms with Gasteiger partial charge in [0.15, 0.2) is 0 Å². The highest BCUT2D eigenvalue weighted by molar-refractivity contribution is 5.95. The van der Waals surface area contributed by atoms with Crippen LogP contribution in [0.3, 0.4) is 0 Å². The standard InChI is InChI=1S/C43H41F3N4O2/c1-48(38-25-27-49(31-38)29-34-12-6-3-7-13-34)42(52)40(28-33-10-4-2-5-11-33)50(30-35-15-20-36(21-16-35)39-14-8-9-26-47-39)41(51)24-19-32-17-22-37(23-18-32)43(44,45)46/h2-24,26,38,40H,25,27-31H2,1H3/t38-,40+/m1/s1. The number of likely N-dealkylation sites (N-methyl/N-ethyl adjacent to an activating group) is 1. The van der Waals surface area contributed by atoms with Gasteiger partial charge in [0.2, 0.25) is 11.8 Å². The van der Waals surface area contributed by atoms with Crippen LogP contribution < -0.4 is 0 Å². The molecule has 1 aliphatic rings. The van der Waals surface area contributed by atoms with Gasteiger partial charge in [0.25, 0.3) is 0 Å². The van der Waals surface area contributed by atoms with Crippen molar-refractivity contribution < 1.29 is 22.8 Å². The summed E-state index contributed by atoms with van der Waals surface area (Å²) in [4.78, 5) is 39.0. The predicted molar refractivity (Wildman–Crippen MR) is 198 cm³/mol. The SMILES string of the molecule is CN(C(=O)[C@H](Cc1ccccc1)N(Cc1ccc(-c2ccccn2)cc1)C(=O)C=Cc1ccc(C(F)(F)F)cc1)[C@@H]1CCN(Cc2ccccc2)C1. The van der Waals surface area contributed by atoms with Crippen LogP contribution in [0.25, 0.3) is 17.3 Å². The van der Waals surface area contributed by atoms with Gasteiger partial charge in [-0.25, -0.2) is 0 Å². The maximum absolute atomic E-state index is 14.7.